The number of nitrogens with zero attached hydrogens (tertiary/aromatic N) is 5. The van der Waals surface area contributed by atoms with Gasteiger partial charge >= 0.3 is 24.1 Å². The minimum absolute atomic E-state index is 0.00258. The van der Waals surface area contributed by atoms with Gasteiger partial charge in [-0.25, -0.2) is 29.0 Å². The highest BCUT2D eigenvalue weighted by molar-refractivity contribution is 6.08. The lowest BCUT2D eigenvalue weighted by Crippen LogP contribution is -2.61. The summed E-state index contributed by atoms with van der Waals surface area (Å²) in [6, 6.07) is 26.1. The van der Waals surface area contributed by atoms with Gasteiger partial charge in [0.05, 0.1) is 145 Å². The van der Waals surface area contributed by atoms with Gasteiger partial charge in [-0.3, -0.25) is 33.6 Å². The molecule has 0 bridgehead atoms. The molecule has 4 saturated heterocycles. The lowest BCUT2D eigenvalue weighted by molar-refractivity contribution is -0.271. The van der Waals surface area contributed by atoms with Gasteiger partial charge in [0, 0.05) is 88.9 Å². The van der Waals surface area contributed by atoms with Crippen LogP contribution in [-0.4, -0.2) is 346 Å². The molecule has 45 nitrogen and oxygen atoms in total. The molecule has 6 aromatic carbocycles. The third-order valence-electron chi connectivity index (χ3n) is 24.4. The van der Waals surface area contributed by atoms with Crippen LogP contribution in [0.1, 0.15) is 127 Å². The van der Waals surface area contributed by atoms with Crippen molar-refractivity contribution < 1.29 is 175 Å². The second-order valence-corrected chi connectivity index (χ2v) is 34.4. The summed E-state index contributed by atoms with van der Waals surface area (Å²) in [5, 5.41) is 118. The van der Waals surface area contributed by atoms with E-state index in [1.54, 1.807) is 4.90 Å². The van der Waals surface area contributed by atoms with Crippen LogP contribution < -0.4 is 64.4 Å². The topological polar surface area (TPSA) is 593 Å². The number of aliphatic hydroxyl groups excluding tert-OH is 8. The molecule has 9 amide bonds. The first-order valence-corrected chi connectivity index (χ1v) is 46.6. The molecular weight excluding hydrogens is 1890 g/mol. The van der Waals surface area contributed by atoms with Crippen LogP contribution >= 0.6 is 0 Å². The second-order valence-electron chi connectivity index (χ2n) is 34.4. The van der Waals surface area contributed by atoms with Crippen LogP contribution in [0.25, 0.3) is 0 Å². The molecule has 14 atom stereocenters. The van der Waals surface area contributed by atoms with Gasteiger partial charge < -0.3 is 158 Å². The Morgan fingerprint density at radius 2 is 0.868 bits per heavy atom. The number of nitrogens with one attached hydrogen (secondary N) is 4. The van der Waals surface area contributed by atoms with E-state index in [4.69, 9.17) is 71.1 Å². The molecule has 7 aliphatic rings. The van der Waals surface area contributed by atoms with Crippen LogP contribution in [0, 0.1) is 11.8 Å². The van der Waals surface area contributed by atoms with Crippen molar-refractivity contribution in [2.45, 2.75) is 163 Å². The summed E-state index contributed by atoms with van der Waals surface area (Å²) in [7, 11) is 4.06. The Bertz CT molecular complexity index is 5720. The number of carboxylic acids is 2. The zero-order chi connectivity index (χ0) is 103. The summed E-state index contributed by atoms with van der Waals surface area (Å²) in [5.41, 5.74) is 3.62. The molecule has 0 saturated carbocycles. The van der Waals surface area contributed by atoms with Crippen LogP contribution in [0.4, 0.5) is 26.7 Å². The maximum Gasteiger partial charge on any atom is 0.416 e. The number of para-hydroxylation sites is 1. The molecule has 6 aromatic rings. The minimum Gasteiger partial charge on any atom is -0.493 e. The summed E-state index contributed by atoms with van der Waals surface area (Å²) in [6.07, 6.45) is -24.6. The monoisotopic (exact) mass is 2010 g/mol. The van der Waals surface area contributed by atoms with Crippen LogP contribution in [0.3, 0.4) is 0 Å². The molecule has 4 fully saturated rings. The molecule has 774 valence electrons. The molecule has 3 unspecified atom stereocenters. The third kappa shape index (κ3) is 26.7. The average molecular weight is 2010 g/mol. The van der Waals surface area contributed by atoms with Gasteiger partial charge in [-0.15, -0.1) is 0 Å². The van der Waals surface area contributed by atoms with E-state index in [2.05, 4.69) is 46.3 Å². The maximum absolute atomic E-state index is 14.8. The van der Waals surface area contributed by atoms with E-state index >= 15 is 0 Å². The fraction of sp³-hybridized carbons (Fsp3) is 0.465. The number of carbonyl (C=O) groups is 11. The number of rotatable bonds is 47. The fourth-order valence-corrected chi connectivity index (χ4v) is 16.9. The van der Waals surface area contributed by atoms with E-state index in [0.29, 0.717) is 42.6 Å². The van der Waals surface area contributed by atoms with Gasteiger partial charge in [0.15, 0.2) is 47.7 Å². The summed E-state index contributed by atoms with van der Waals surface area (Å²) in [4.78, 5) is 155. The lowest BCUT2D eigenvalue weighted by atomic mass is 9.99. The number of carbonyl (C=O) groups excluding carboxylic acids is 9. The van der Waals surface area contributed by atoms with Crippen LogP contribution in [0.2, 0.25) is 0 Å². The molecule has 7 heterocycles. The van der Waals surface area contributed by atoms with Crippen LogP contribution in [0.15, 0.2) is 133 Å². The second kappa shape index (κ2) is 51.0. The zero-order valence-corrected chi connectivity index (χ0v) is 79.2. The number of unbranched alkanes of at least 4 members (excludes halogenated alkanes) is 2. The summed E-state index contributed by atoms with van der Waals surface area (Å²) < 4.78 is 85.3. The van der Waals surface area contributed by atoms with E-state index in [1.165, 1.54) is 91.8 Å². The first-order chi connectivity index (χ1) is 69.4. The molecule has 45 heteroatoms. The highest BCUT2D eigenvalue weighted by Crippen LogP contribution is 2.46. The van der Waals surface area contributed by atoms with Crippen molar-refractivity contribution in [3.8, 4) is 46.3 Å². The Morgan fingerprint density at radius 3 is 1.34 bits per heavy atom. The molecule has 144 heavy (non-hydrogen) atoms. The Hall–Kier alpha value is -13.7. The Balaban J connectivity index is 0.576. The van der Waals surface area contributed by atoms with Crippen molar-refractivity contribution in [2.75, 3.05) is 148 Å². The Morgan fingerprint density at radius 1 is 0.431 bits per heavy atom. The number of fused-ring (bicyclic) bond motifs is 6. The van der Waals surface area contributed by atoms with Crippen molar-refractivity contribution in [3.63, 3.8) is 0 Å². The standard InChI is InChI=1S/C99H117N9O36/c1-55-42-69-92(122)107(98(128)139-53-57-18-22-71(141-96-84(116)80(112)82(114)86(143-96)94(124)125)64(44-57)88(118)102-28-13-27-100-77(109)25-33-133-36-38-135-40-41-136-39-37-134-34-26-78(110)101-29-24-79(111)104-52-61-16-8-7-14-59(61)20-21-60-15-9-10-17-66(60)104)67-48-75(73(131-4)46-62(67)90(120)105(69)50-55)137-31-11-6-12-32-138-76-49-68-63(47-74(76)132-5)91(121)106-51-56(2)43-70(106)93(123)108(68)99(129)140-54-58-19-23-72(65(45-58)89(119)103-30-35-130-3)142-97-85(117)81(113)83(115)87(144-97)95(126)127/h7-10,14-19,22-23,44-49,69-70,80-87,92-93,96-97,112-117,122-123H,1-2,6,11-13,24-43,50-54H2,3-5H3,(H,100,109)(H,101,110)(H,102,118)(H,103,119)(H,124,125)(H,126,127)/t69-,70?,80-,81-,82-,83-,84+,85+,86-,87-,92?,93?,96+,97+/m0/s1. The fourth-order valence-electron chi connectivity index (χ4n) is 16.9. The smallest absolute Gasteiger partial charge is 0.416 e. The number of methoxy groups -OCH3 is 3. The Kier molecular flexibility index (Phi) is 38.1. The lowest BCUT2D eigenvalue weighted by Gasteiger charge is -2.38. The summed E-state index contributed by atoms with van der Waals surface area (Å²) in [5.74, 6) is -1.04. The van der Waals surface area contributed by atoms with Crippen molar-refractivity contribution in [1.82, 2.24) is 31.1 Å². The molecule has 0 radical (unpaired) electrons. The maximum atomic E-state index is 14.8. The van der Waals surface area contributed by atoms with E-state index in [1.807, 2.05) is 48.5 Å². The summed E-state index contributed by atoms with van der Waals surface area (Å²) >= 11 is 0. The van der Waals surface area contributed by atoms with Crippen LogP contribution in [-0.2, 0) is 86.4 Å². The zero-order valence-electron chi connectivity index (χ0n) is 79.2. The number of aliphatic hydroxyl groups is 8. The van der Waals surface area contributed by atoms with E-state index in [0.717, 1.165) is 26.5 Å². The number of benzene rings is 6. The average Bonchev–Trinajstić information content (AvgIpc) is 1.61. The number of carboxylic acid groups (broad SMARTS) is 2. The number of aliphatic carboxylic acids is 2. The number of hydrogen-bond acceptors (Lipinski definition) is 34. The molecule has 0 aromatic heterocycles. The highest BCUT2D eigenvalue weighted by atomic mass is 16.7. The number of ether oxygens (including phenoxy) is 15. The predicted octanol–water partition coefficient (Wildman–Crippen LogP) is 2.28. The van der Waals surface area contributed by atoms with Gasteiger partial charge in [0.2, 0.25) is 30.3 Å². The molecule has 14 N–H and O–H groups in total. The number of hydrogen-bond donors (Lipinski definition) is 14. The van der Waals surface area contributed by atoms with Crippen molar-refractivity contribution in [2.24, 2.45) is 0 Å². The summed E-state index contributed by atoms with van der Waals surface area (Å²) in [6.45, 7) is 9.08. The van der Waals surface area contributed by atoms with Crippen molar-refractivity contribution in [3.05, 3.63) is 184 Å². The SMILES string of the molecule is C=C1CC2C(O)N(C(=O)OCc3ccc(O[C@@H]4O[C@H](C(=O)O)[C@@H](O)[C@H](O)[C@H]4O)c(C(=O)NCCOC)c3)c3cc(OCCCCCOc4cc5c(cc4OC)C(=O)N4CC(=C)C[C@H]4C(O)N5C(=O)OCc4ccc(O[C@@H]5O[C@H](C(=O)O)[C@@H](O)[C@H](O)[C@H]5O)c(C(=O)NCCCNC(=O)CCOCCOCCOCCOCCC(=O)NCCC(=O)N5Cc6ccccc6C#Cc6ccccc65)c4)c(OC)cc3C(=O)N2C1. The minimum atomic E-state index is -2.09. The largest absolute Gasteiger partial charge is 0.493 e. The van der Waals surface area contributed by atoms with Crippen molar-refractivity contribution >= 4 is 82.5 Å². The van der Waals surface area contributed by atoms with Gasteiger partial charge in [-0.05, 0) is 110 Å². The molecule has 0 aliphatic carbocycles. The first kappa shape index (κ1) is 108. The molecule has 0 spiro atoms. The first-order valence-electron chi connectivity index (χ1n) is 46.6. The van der Waals surface area contributed by atoms with E-state index in [-0.39, 0.29) is 247 Å². The van der Waals surface area contributed by atoms with Crippen LogP contribution in [0.5, 0.6) is 34.5 Å². The van der Waals surface area contributed by atoms with Gasteiger partial charge in [0.25, 0.3) is 23.6 Å². The molecule has 7 aliphatic heterocycles. The number of anilines is 3. The highest BCUT2D eigenvalue weighted by Gasteiger charge is 2.52. The Labute approximate surface area is 826 Å². The van der Waals surface area contributed by atoms with Gasteiger partial charge in [0.1, 0.15) is 61.3 Å². The quantitative estimate of drug-likeness (QED) is 0.0148. The van der Waals surface area contributed by atoms with Gasteiger partial charge in [-0.1, -0.05) is 78.6 Å². The third-order valence-corrected chi connectivity index (χ3v) is 24.4. The van der Waals surface area contributed by atoms with Gasteiger partial charge in [-0.2, -0.15) is 0 Å². The molecule has 13 rings (SSSR count). The normalized spacial score (nSPS) is 21.9. The number of amides is 9. The van der Waals surface area contributed by atoms with E-state index in [9.17, 15) is 104 Å². The molecular formula is C99H117N9O36. The predicted molar refractivity (Wildman–Crippen MR) is 502 cm³/mol. The van der Waals surface area contributed by atoms with E-state index < -0.39 is 147 Å². The van der Waals surface area contributed by atoms with Crippen molar-refractivity contribution in [1.29, 1.82) is 0 Å².